The first-order valence-corrected chi connectivity index (χ1v) is 6.37. The molecule has 0 saturated carbocycles. The smallest absolute Gasteiger partial charge is 0.232 e. The molecular formula is C14H24N2O3. The Kier molecular flexibility index (Phi) is 3.83. The van der Waals surface area contributed by atoms with Gasteiger partial charge in [-0.2, -0.15) is 0 Å². The molecule has 2 N–H and O–H groups in total. The van der Waals surface area contributed by atoms with Crippen LogP contribution in [0.15, 0.2) is 10.6 Å². The van der Waals surface area contributed by atoms with Gasteiger partial charge in [0.25, 0.3) is 0 Å². The lowest BCUT2D eigenvalue weighted by Gasteiger charge is -2.35. The molecule has 1 heterocycles. The van der Waals surface area contributed by atoms with Gasteiger partial charge in [0, 0.05) is 16.9 Å². The number of carbonyl (C=O) groups is 1. The minimum absolute atomic E-state index is 0.142. The fourth-order valence-corrected chi connectivity index (χ4v) is 1.24. The van der Waals surface area contributed by atoms with Crippen LogP contribution in [0.5, 0.6) is 0 Å². The number of nitrogens with one attached hydrogen (secondary N) is 1. The first-order valence-electron chi connectivity index (χ1n) is 6.37. The lowest BCUT2D eigenvalue weighted by atomic mass is 9.75. The van der Waals surface area contributed by atoms with Crippen LogP contribution in [-0.4, -0.2) is 21.8 Å². The summed E-state index contributed by atoms with van der Waals surface area (Å²) in [5.74, 6) is 0.156. The van der Waals surface area contributed by atoms with Crippen molar-refractivity contribution in [3.8, 4) is 0 Å². The molecule has 1 aromatic rings. The fraction of sp³-hybridized carbons (Fsp3) is 0.714. The summed E-state index contributed by atoms with van der Waals surface area (Å²) in [6.07, 6.45) is 0. The van der Waals surface area contributed by atoms with E-state index in [9.17, 15) is 9.90 Å². The van der Waals surface area contributed by atoms with E-state index in [1.165, 1.54) is 0 Å². The van der Waals surface area contributed by atoms with E-state index >= 15 is 0 Å². The SMILES string of the molecule is CC(C)(C)C(=O)Nc1cc(C(C)(C)C(C)(C)O)no1. The van der Waals surface area contributed by atoms with Crippen LogP contribution in [0.4, 0.5) is 5.88 Å². The first kappa shape index (κ1) is 15.7. The first-order chi connectivity index (χ1) is 8.35. The quantitative estimate of drug-likeness (QED) is 0.883. The number of anilines is 1. The fourth-order valence-electron chi connectivity index (χ4n) is 1.24. The molecule has 1 rings (SSSR count). The molecular weight excluding hydrogens is 244 g/mol. The van der Waals surface area contributed by atoms with Crippen molar-refractivity contribution in [3.05, 3.63) is 11.8 Å². The highest BCUT2D eigenvalue weighted by Crippen LogP contribution is 2.35. The van der Waals surface area contributed by atoms with Crippen molar-refractivity contribution in [2.75, 3.05) is 5.32 Å². The summed E-state index contributed by atoms with van der Waals surface area (Å²) >= 11 is 0. The van der Waals surface area contributed by atoms with E-state index in [4.69, 9.17) is 4.52 Å². The van der Waals surface area contributed by atoms with Gasteiger partial charge in [0.2, 0.25) is 11.8 Å². The molecule has 108 valence electrons. The molecule has 0 aromatic carbocycles. The highest BCUT2D eigenvalue weighted by molar-refractivity contribution is 5.93. The Morgan fingerprint density at radius 2 is 1.74 bits per heavy atom. The van der Waals surface area contributed by atoms with Crippen LogP contribution in [0.2, 0.25) is 0 Å². The van der Waals surface area contributed by atoms with Crippen molar-refractivity contribution in [2.45, 2.75) is 59.5 Å². The van der Waals surface area contributed by atoms with Crippen molar-refractivity contribution >= 4 is 11.8 Å². The summed E-state index contributed by atoms with van der Waals surface area (Å²) < 4.78 is 5.12. The van der Waals surface area contributed by atoms with Gasteiger partial charge in [-0.15, -0.1) is 0 Å². The maximum absolute atomic E-state index is 11.8. The van der Waals surface area contributed by atoms with E-state index in [1.54, 1.807) is 19.9 Å². The van der Waals surface area contributed by atoms with Gasteiger partial charge >= 0.3 is 0 Å². The molecule has 0 saturated heterocycles. The summed E-state index contributed by atoms with van der Waals surface area (Å²) in [6, 6.07) is 1.65. The Bertz CT molecular complexity index is 462. The maximum atomic E-state index is 11.8. The zero-order valence-electron chi connectivity index (χ0n) is 12.8. The number of aliphatic hydroxyl groups is 1. The molecule has 0 spiro atoms. The molecule has 1 amide bonds. The Morgan fingerprint density at radius 1 is 1.21 bits per heavy atom. The monoisotopic (exact) mass is 268 g/mol. The Morgan fingerprint density at radius 3 is 2.16 bits per heavy atom. The van der Waals surface area contributed by atoms with Gasteiger partial charge < -0.3 is 9.63 Å². The van der Waals surface area contributed by atoms with Gasteiger partial charge in [-0.1, -0.05) is 39.8 Å². The molecule has 19 heavy (non-hydrogen) atoms. The van der Waals surface area contributed by atoms with E-state index in [1.807, 2.05) is 34.6 Å². The van der Waals surface area contributed by atoms with Crippen LogP contribution in [0.3, 0.4) is 0 Å². The Hall–Kier alpha value is -1.36. The van der Waals surface area contributed by atoms with Crippen LogP contribution < -0.4 is 5.32 Å². The topological polar surface area (TPSA) is 75.4 Å². The second kappa shape index (κ2) is 4.63. The molecule has 1 aromatic heterocycles. The average Bonchev–Trinajstić information content (AvgIpc) is 2.63. The maximum Gasteiger partial charge on any atom is 0.232 e. The molecule has 0 radical (unpaired) electrons. The van der Waals surface area contributed by atoms with E-state index in [-0.39, 0.29) is 5.91 Å². The third kappa shape index (κ3) is 3.35. The predicted molar refractivity (Wildman–Crippen MR) is 73.9 cm³/mol. The van der Waals surface area contributed by atoms with Gasteiger partial charge in [-0.25, -0.2) is 0 Å². The number of nitrogens with zero attached hydrogens (tertiary/aromatic N) is 1. The number of amides is 1. The van der Waals surface area contributed by atoms with Gasteiger partial charge in [0.1, 0.15) is 0 Å². The highest BCUT2D eigenvalue weighted by atomic mass is 16.5. The average molecular weight is 268 g/mol. The minimum Gasteiger partial charge on any atom is -0.390 e. The molecule has 0 aliphatic rings. The van der Waals surface area contributed by atoms with Crippen molar-refractivity contribution in [1.29, 1.82) is 0 Å². The highest BCUT2D eigenvalue weighted by Gasteiger charge is 2.39. The lowest BCUT2D eigenvalue weighted by Crippen LogP contribution is -2.42. The number of hydrogen-bond acceptors (Lipinski definition) is 4. The molecule has 0 bridgehead atoms. The summed E-state index contributed by atoms with van der Waals surface area (Å²) in [4.78, 5) is 11.8. The van der Waals surface area contributed by atoms with Crippen molar-refractivity contribution < 1.29 is 14.4 Å². The van der Waals surface area contributed by atoms with Crippen molar-refractivity contribution in [1.82, 2.24) is 5.16 Å². The summed E-state index contributed by atoms with van der Waals surface area (Å²) in [5.41, 5.74) is -1.43. The van der Waals surface area contributed by atoms with E-state index in [0.717, 1.165) is 0 Å². The zero-order valence-corrected chi connectivity index (χ0v) is 12.8. The number of aromatic nitrogens is 1. The largest absolute Gasteiger partial charge is 0.390 e. The minimum atomic E-state index is -0.949. The van der Waals surface area contributed by atoms with Gasteiger partial charge in [-0.3, -0.25) is 10.1 Å². The van der Waals surface area contributed by atoms with Crippen LogP contribution in [0.1, 0.15) is 54.2 Å². The van der Waals surface area contributed by atoms with Crippen LogP contribution in [0.25, 0.3) is 0 Å². The van der Waals surface area contributed by atoms with Crippen LogP contribution in [0, 0.1) is 5.41 Å². The molecule has 0 atom stereocenters. The molecule has 0 unspecified atom stereocenters. The third-order valence-electron chi connectivity index (χ3n) is 3.60. The van der Waals surface area contributed by atoms with Gasteiger partial charge in [0.15, 0.2) is 0 Å². The van der Waals surface area contributed by atoms with Crippen molar-refractivity contribution in [3.63, 3.8) is 0 Å². The lowest BCUT2D eigenvalue weighted by molar-refractivity contribution is -0.123. The van der Waals surface area contributed by atoms with E-state index in [0.29, 0.717) is 11.6 Å². The molecule has 0 aliphatic carbocycles. The van der Waals surface area contributed by atoms with Gasteiger partial charge in [0.05, 0.1) is 11.3 Å². The van der Waals surface area contributed by atoms with Crippen molar-refractivity contribution in [2.24, 2.45) is 5.41 Å². The molecule has 5 heteroatoms. The standard InChI is InChI=1S/C14H24N2O3/c1-12(2,3)11(17)15-10-8-9(16-19-10)13(4,5)14(6,7)18/h8,18H,1-7H3,(H,15,17). The molecule has 0 aliphatic heterocycles. The molecule has 5 nitrogen and oxygen atoms in total. The van der Waals surface area contributed by atoms with E-state index < -0.39 is 16.4 Å². The third-order valence-corrected chi connectivity index (χ3v) is 3.60. The summed E-state index contributed by atoms with van der Waals surface area (Å²) in [6.45, 7) is 12.6. The predicted octanol–water partition coefficient (Wildman–Crippen LogP) is 2.71. The normalized spacial score (nSPS) is 13.5. The van der Waals surface area contributed by atoms with E-state index in [2.05, 4.69) is 10.5 Å². The molecule has 0 fully saturated rings. The summed E-state index contributed by atoms with van der Waals surface area (Å²) in [5, 5.41) is 16.8. The Balaban J connectivity index is 2.93. The second-order valence-corrected chi connectivity index (χ2v) is 6.96. The Labute approximate surface area is 114 Å². The zero-order chi connectivity index (χ0) is 15.1. The number of carbonyl (C=O) groups excluding carboxylic acids is 1. The number of hydrogen-bond donors (Lipinski definition) is 2. The van der Waals surface area contributed by atoms with Crippen LogP contribution >= 0.6 is 0 Å². The van der Waals surface area contributed by atoms with Gasteiger partial charge in [-0.05, 0) is 13.8 Å². The number of rotatable bonds is 3. The van der Waals surface area contributed by atoms with Crippen LogP contribution in [-0.2, 0) is 10.2 Å². The summed E-state index contributed by atoms with van der Waals surface area (Å²) in [7, 11) is 0. The second-order valence-electron chi connectivity index (χ2n) is 6.96.